The Kier molecular flexibility index (Phi) is 5.50. The van der Waals surface area contributed by atoms with Gasteiger partial charge in [-0.2, -0.15) is 13.2 Å². The summed E-state index contributed by atoms with van der Waals surface area (Å²) in [5.41, 5.74) is 1.22. The van der Waals surface area contributed by atoms with E-state index in [0.29, 0.717) is 34.9 Å². The van der Waals surface area contributed by atoms with Crippen LogP contribution in [0.5, 0.6) is 5.75 Å². The summed E-state index contributed by atoms with van der Waals surface area (Å²) in [4.78, 5) is 4.14. The smallest absolute Gasteiger partial charge is 0.393 e. The minimum absolute atomic E-state index is 0.0428. The van der Waals surface area contributed by atoms with Gasteiger partial charge in [0.25, 0.3) is 0 Å². The van der Waals surface area contributed by atoms with Crippen LogP contribution in [0.25, 0.3) is 16.8 Å². The first kappa shape index (κ1) is 20.4. The van der Waals surface area contributed by atoms with E-state index in [1.807, 2.05) is 0 Å². The van der Waals surface area contributed by atoms with Gasteiger partial charge in [0.15, 0.2) is 0 Å². The summed E-state index contributed by atoms with van der Waals surface area (Å²) in [5, 5.41) is 21.6. The van der Waals surface area contributed by atoms with E-state index in [4.69, 9.17) is 4.74 Å². The summed E-state index contributed by atoms with van der Waals surface area (Å²) in [5.74, 6) is 0.779. The van der Waals surface area contributed by atoms with E-state index in [9.17, 15) is 18.3 Å². The molecule has 0 radical (unpaired) electrons. The molecule has 1 aliphatic rings. The van der Waals surface area contributed by atoms with Gasteiger partial charge in [0.05, 0.1) is 31.3 Å². The van der Waals surface area contributed by atoms with E-state index >= 15 is 0 Å². The number of imidazole rings is 1. The molecule has 1 aliphatic carbocycles. The van der Waals surface area contributed by atoms with Crippen LogP contribution in [0.15, 0.2) is 30.7 Å². The monoisotopic (exact) mass is 421 g/mol. The van der Waals surface area contributed by atoms with Gasteiger partial charge in [-0.05, 0) is 49.4 Å². The van der Waals surface area contributed by atoms with E-state index in [1.165, 1.54) is 13.2 Å². The zero-order valence-corrected chi connectivity index (χ0v) is 16.4. The lowest BCUT2D eigenvalue weighted by molar-refractivity contribution is -0.127. The molecule has 0 unspecified atom stereocenters. The number of alkyl halides is 3. The summed E-state index contributed by atoms with van der Waals surface area (Å²) < 4.78 is 46.2. The summed E-state index contributed by atoms with van der Waals surface area (Å²) in [7, 11) is 1.41. The van der Waals surface area contributed by atoms with Crippen molar-refractivity contribution < 1.29 is 23.0 Å². The van der Waals surface area contributed by atoms with E-state index in [-0.39, 0.29) is 17.7 Å². The number of rotatable bonds is 5. The lowest BCUT2D eigenvalue weighted by Gasteiger charge is -2.27. The van der Waals surface area contributed by atoms with E-state index in [1.54, 1.807) is 29.1 Å². The topological polar surface area (TPSA) is 84.6 Å². The Labute approximate surface area is 170 Å². The molecule has 10 heteroatoms. The van der Waals surface area contributed by atoms with Crippen molar-refractivity contribution in [2.75, 3.05) is 12.4 Å². The Bertz CT molecular complexity index is 1040. The number of aromatic nitrogens is 4. The highest BCUT2D eigenvalue weighted by Crippen LogP contribution is 2.34. The fourth-order valence-corrected chi connectivity index (χ4v) is 3.89. The fraction of sp³-hybridized carbons (Fsp3) is 0.450. The number of halogens is 3. The molecule has 0 bridgehead atoms. The van der Waals surface area contributed by atoms with Crippen LogP contribution >= 0.6 is 0 Å². The Morgan fingerprint density at radius 1 is 1.27 bits per heavy atom. The standard InChI is InChI=1S/C20H22F3N5O2/c1-30-15-5-6-16(12(7-15)9-20(21,22)23)18-17-10-24-11-28(17)19(27-26-18)25-13-3-2-4-14(29)8-13/h5-7,10-11,13-14,29H,2-4,8-9H2,1H3,(H,25,27)/t13-,14+/m1/s1. The molecule has 3 aromatic rings. The number of hydrogen-bond donors (Lipinski definition) is 2. The molecule has 1 fully saturated rings. The Morgan fingerprint density at radius 2 is 2.10 bits per heavy atom. The predicted molar refractivity (Wildman–Crippen MR) is 104 cm³/mol. The summed E-state index contributed by atoms with van der Waals surface area (Å²) in [6, 6.07) is 4.56. The summed E-state index contributed by atoms with van der Waals surface area (Å²) >= 11 is 0. The molecule has 1 aromatic carbocycles. The third kappa shape index (κ3) is 4.33. The van der Waals surface area contributed by atoms with Crippen molar-refractivity contribution in [1.29, 1.82) is 0 Å². The van der Waals surface area contributed by atoms with Gasteiger partial charge in [-0.15, -0.1) is 10.2 Å². The van der Waals surface area contributed by atoms with Gasteiger partial charge in [0, 0.05) is 11.6 Å². The number of benzene rings is 1. The number of hydrogen-bond acceptors (Lipinski definition) is 6. The van der Waals surface area contributed by atoms with Gasteiger partial charge >= 0.3 is 6.18 Å². The highest BCUT2D eigenvalue weighted by molar-refractivity contribution is 5.79. The van der Waals surface area contributed by atoms with Crippen molar-refractivity contribution >= 4 is 11.5 Å². The van der Waals surface area contributed by atoms with Crippen LogP contribution in [0.1, 0.15) is 31.2 Å². The molecule has 0 aliphatic heterocycles. The van der Waals surface area contributed by atoms with E-state index < -0.39 is 12.6 Å². The lowest BCUT2D eigenvalue weighted by Crippen LogP contribution is -2.31. The van der Waals surface area contributed by atoms with E-state index in [2.05, 4.69) is 20.5 Å². The molecule has 2 atom stereocenters. The molecule has 2 aromatic heterocycles. The third-order valence-electron chi connectivity index (χ3n) is 5.29. The van der Waals surface area contributed by atoms with Gasteiger partial charge in [0.2, 0.25) is 5.95 Å². The molecule has 4 rings (SSSR count). The Morgan fingerprint density at radius 3 is 2.83 bits per heavy atom. The van der Waals surface area contributed by atoms with Gasteiger partial charge in [-0.3, -0.25) is 4.40 Å². The highest BCUT2D eigenvalue weighted by atomic mass is 19.4. The van der Waals surface area contributed by atoms with Gasteiger partial charge in [-0.25, -0.2) is 4.98 Å². The molecule has 0 saturated heterocycles. The SMILES string of the molecule is COc1ccc(-c2nnc(N[C@@H]3CCC[C@H](O)C3)n3cncc23)c(CC(F)(F)F)c1. The molecule has 2 heterocycles. The van der Waals surface area contributed by atoms with Crippen molar-refractivity contribution in [3.05, 3.63) is 36.3 Å². The first-order valence-electron chi connectivity index (χ1n) is 9.71. The maximum atomic E-state index is 13.2. The number of fused-ring (bicyclic) bond motifs is 1. The normalized spacial score (nSPS) is 19.8. The number of ether oxygens (including phenoxy) is 1. The number of aliphatic hydroxyl groups is 1. The molecular weight excluding hydrogens is 399 g/mol. The second kappa shape index (κ2) is 8.10. The van der Waals surface area contributed by atoms with Crippen LogP contribution < -0.4 is 10.1 Å². The number of methoxy groups -OCH3 is 1. The van der Waals surface area contributed by atoms with Gasteiger partial charge < -0.3 is 15.2 Å². The van der Waals surface area contributed by atoms with Crippen molar-refractivity contribution in [3.8, 4) is 17.0 Å². The van der Waals surface area contributed by atoms with Crippen molar-refractivity contribution in [2.45, 2.75) is 50.4 Å². The van der Waals surface area contributed by atoms with Gasteiger partial charge in [-0.1, -0.05) is 0 Å². The maximum absolute atomic E-state index is 13.2. The zero-order chi connectivity index (χ0) is 21.3. The summed E-state index contributed by atoms with van der Waals surface area (Å²) in [6.07, 6.45) is 0.432. The number of anilines is 1. The average Bonchev–Trinajstić information content (AvgIpc) is 3.18. The summed E-state index contributed by atoms with van der Waals surface area (Å²) in [6.45, 7) is 0. The van der Waals surface area contributed by atoms with Crippen molar-refractivity contribution in [2.24, 2.45) is 0 Å². The zero-order valence-electron chi connectivity index (χ0n) is 16.4. The molecular formula is C20H22F3N5O2. The van der Waals surface area contributed by atoms with Crippen LogP contribution in [-0.4, -0.2) is 50.1 Å². The van der Waals surface area contributed by atoms with E-state index in [0.717, 1.165) is 19.3 Å². The van der Waals surface area contributed by atoms with Crippen molar-refractivity contribution in [1.82, 2.24) is 19.6 Å². The Balaban J connectivity index is 1.73. The molecule has 30 heavy (non-hydrogen) atoms. The number of nitrogens with zero attached hydrogens (tertiary/aromatic N) is 4. The van der Waals surface area contributed by atoms with Crippen LogP contribution in [0, 0.1) is 0 Å². The average molecular weight is 421 g/mol. The minimum atomic E-state index is -4.38. The number of aliphatic hydroxyl groups excluding tert-OH is 1. The lowest BCUT2D eigenvalue weighted by atomic mass is 9.93. The minimum Gasteiger partial charge on any atom is -0.497 e. The fourth-order valence-electron chi connectivity index (χ4n) is 3.89. The first-order valence-corrected chi connectivity index (χ1v) is 9.71. The second-order valence-corrected chi connectivity index (χ2v) is 7.50. The Hall–Kier alpha value is -2.88. The second-order valence-electron chi connectivity index (χ2n) is 7.50. The third-order valence-corrected chi connectivity index (χ3v) is 5.29. The molecule has 1 saturated carbocycles. The molecule has 0 spiro atoms. The molecule has 7 nitrogen and oxygen atoms in total. The van der Waals surface area contributed by atoms with Crippen LogP contribution in [0.3, 0.4) is 0 Å². The maximum Gasteiger partial charge on any atom is 0.393 e. The quantitative estimate of drug-likeness (QED) is 0.655. The molecule has 0 amide bonds. The predicted octanol–water partition coefficient (Wildman–Crippen LogP) is 3.62. The number of nitrogens with one attached hydrogen (secondary N) is 1. The van der Waals surface area contributed by atoms with Gasteiger partial charge in [0.1, 0.15) is 17.8 Å². The molecule has 2 N–H and O–H groups in total. The largest absolute Gasteiger partial charge is 0.497 e. The van der Waals surface area contributed by atoms with Crippen LogP contribution in [0.2, 0.25) is 0 Å². The highest BCUT2D eigenvalue weighted by Gasteiger charge is 2.30. The molecule has 160 valence electrons. The first-order chi connectivity index (χ1) is 14.3. The van der Waals surface area contributed by atoms with Crippen LogP contribution in [-0.2, 0) is 6.42 Å². The van der Waals surface area contributed by atoms with Crippen LogP contribution in [0.4, 0.5) is 19.1 Å². The van der Waals surface area contributed by atoms with Crippen molar-refractivity contribution in [3.63, 3.8) is 0 Å².